The molecule has 2 aliphatic rings. The summed E-state index contributed by atoms with van der Waals surface area (Å²) in [5.74, 6) is 0. The SMILES string of the molecule is COCCC1(CN2CC(c3ccccc3)NCC2C)CC1. The van der Waals surface area contributed by atoms with Crippen LogP contribution in [-0.2, 0) is 4.74 Å². The van der Waals surface area contributed by atoms with Crippen LogP contribution < -0.4 is 5.32 Å². The van der Waals surface area contributed by atoms with Gasteiger partial charge in [-0.05, 0) is 37.2 Å². The summed E-state index contributed by atoms with van der Waals surface area (Å²) in [5.41, 5.74) is 1.96. The van der Waals surface area contributed by atoms with Crippen LogP contribution in [-0.4, -0.2) is 44.3 Å². The van der Waals surface area contributed by atoms with E-state index in [-0.39, 0.29) is 0 Å². The maximum absolute atomic E-state index is 5.29. The van der Waals surface area contributed by atoms with E-state index >= 15 is 0 Å². The smallest absolute Gasteiger partial charge is 0.0468 e. The van der Waals surface area contributed by atoms with E-state index in [1.165, 1.54) is 31.4 Å². The molecule has 1 aromatic rings. The Hall–Kier alpha value is -0.900. The number of piperazine rings is 1. The van der Waals surface area contributed by atoms with Crippen LogP contribution in [0.5, 0.6) is 0 Å². The topological polar surface area (TPSA) is 24.5 Å². The molecule has 116 valence electrons. The Kier molecular flexibility index (Phi) is 4.63. The van der Waals surface area contributed by atoms with Gasteiger partial charge in [0, 0.05) is 45.4 Å². The van der Waals surface area contributed by atoms with Crippen molar-refractivity contribution in [3.05, 3.63) is 35.9 Å². The van der Waals surface area contributed by atoms with E-state index in [0.717, 1.165) is 19.7 Å². The summed E-state index contributed by atoms with van der Waals surface area (Å²) in [6.07, 6.45) is 3.97. The van der Waals surface area contributed by atoms with Gasteiger partial charge in [-0.3, -0.25) is 4.90 Å². The molecule has 3 rings (SSSR count). The Morgan fingerprint density at radius 1 is 1.29 bits per heavy atom. The average molecular weight is 288 g/mol. The third-order valence-electron chi connectivity index (χ3n) is 5.23. The van der Waals surface area contributed by atoms with Crippen LogP contribution in [0.1, 0.15) is 37.8 Å². The molecule has 21 heavy (non-hydrogen) atoms. The first-order chi connectivity index (χ1) is 10.2. The van der Waals surface area contributed by atoms with Crippen molar-refractivity contribution in [3.63, 3.8) is 0 Å². The van der Waals surface area contributed by atoms with E-state index < -0.39 is 0 Å². The summed E-state index contributed by atoms with van der Waals surface area (Å²) in [5, 5.41) is 3.70. The lowest BCUT2D eigenvalue weighted by atomic mass is 9.97. The Balaban J connectivity index is 1.62. The van der Waals surface area contributed by atoms with Crippen molar-refractivity contribution in [2.75, 3.05) is 33.4 Å². The van der Waals surface area contributed by atoms with Crippen molar-refractivity contribution in [1.29, 1.82) is 0 Å². The molecule has 1 heterocycles. The fourth-order valence-electron chi connectivity index (χ4n) is 3.46. The lowest BCUT2D eigenvalue weighted by Gasteiger charge is -2.41. The van der Waals surface area contributed by atoms with Crippen LogP contribution >= 0.6 is 0 Å². The molecular weight excluding hydrogens is 260 g/mol. The quantitative estimate of drug-likeness (QED) is 0.871. The second-order valence-electron chi connectivity index (χ2n) is 6.89. The van der Waals surface area contributed by atoms with E-state index in [2.05, 4.69) is 47.5 Å². The summed E-state index contributed by atoms with van der Waals surface area (Å²) in [6.45, 7) is 6.70. The Labute approximate surface area is 128 Å². The second-order valence-corrected chi connectivity index (χ2v) is 6.89. The fraction of sp³-hybridized carbons (Fsp3) is 0.667. The number of ether oxygens (including phenoxy) is 1. The molecule has 3 nitrogen and oxygen atoms in total. The van der Waals surface area contributed by atoms with Crippen molar-refractivity contribution >= 4 is 0 Å². The van der Waals surface area contributed by atoms with Gasteiger partial charge in [-0.1, -0.05) is 30.3 Å². The van der Waals surface area contributed by atoms with Gasteiger partial charge in [0.15, 0.2) is 0 Å². The van der Waals surface area contributed by atoms with Crippen LogP contribution in [0.15, 0.2) is 30.3 Å². The molecule has 1 aliphatic heterocycles. The predicted molar refractivity (Wildman–Crippen MR) is 86.4 cm³/mol. The fourth-order valence-corrected chi connectivity index (χ4v) is 3.46. The zero-order valence-corrected chi connectivity index (χ0v) is 13.3. The van der Waals surface area contributed by atoms with Gasteiger partial charge in [0.25, 0.3) is 0 Å². The van der Waals surface area contributed by atoms with Crippen LogP contribution in [0, 0.1) is 5.41 Å². The summed E-state index contributed by atoms with van der Waals surface area (Å²) >= 11 is 0. The highest BCUT2D eigenvalue weighted by atomic mass is 16.5. The van der Waals surface area contributed by atoms with Crippen molar-refractivity contribution in [3.8, 4) is 0 Å². The lowest BCUT2D eigenvalue weighted by molar-refractivity contribution is 0.0956. The molecule has 1 saturated carbocycles. The molecule has 2 fully saturated rings. The summed E-state index contributed by atoms with van der Waals surface area (Å²) in [6, 6.07) is 12.0. The number of hydrogen-bond donors (Lipinski definition) is 1. The number of nitrogens with zero attached hydrogens (tertiary/aromatic N) is 1. The highest BCUT2D eigenvalue weighted by Crippen LogP contribution is 2.49. The minimum atomic E-state index is 0.473. The molecule has 3 heteroatoms. The number of nitrogens with one attached hydrogen (secondary N) is 1. The van der Waals surface area contributed by atoms with Crippen molar-refractivity contribution in [2.45, 2.75) is 38.3 Å². The minimum Gasteiger partial charge on any atom is -0.385 e. The maximum Gasteiger partial charge on any atom is 0.0468 e. The second kappa shape index (κ2) is 6.47. The third kappa shape index (κ3) is 3.65. The minimum absolute atomic E-state index is 0.473. The standard InChI is InChI=1S/C18H28N2O/c1-15-12-19-17(16-6-4-3-5-7-16)13-20(15)14-18(8-9-18)10-11-21-2/h3-7,15,17,19H,8-14H2,1-2H3. The van der Waals surface area contributed by atoms with Crippen molar-refractivity contribution in [1.82, 2.24) is 10.2 Å². The van der Waals surface area contributed by atoms with E-state index in [0.29, 0.717) is 17.5 Å². The Morgan fingerprint density at radius 2 is 2.05 bits per heavy atom. The highest BCUT2D eigenvalue weighted by molar-refractivity contribution is 5.20. The van der Waals surface area contributed by atoms with E-state index in [9.17, 15) is 0 Å². The average Bonchev–Trinajstić information content (AvgIpc) is 3.28. The molecule has 0 amide bonds. The van der Waals surface area contributed by atoms with Gasteiger partial charge in [-0.25, -0.2) is 0 Å². The number of hydrogen-bond acceptors (Lipinski definition) is 3. The van der Waals surface area contributed by atoms with Gasteiger partial charge >= 0.3 is 0 Å². The molecular formula is C18H28N2O. The molecule has 2 unspecified atom stereocenters. The normalized spacial score (nSPS) is 28.5. The molecule has 1 aliphatic carbocycles. The van der Waals surface area contributed by atoms with Crippen LogP contribution in [0.2, 0.25) is 0 Å². The van der Waals surface area contributed by atoms with Crippen molar-refractivity contribution < 1.29 is 4.74 Å². The van der Waals surface area contributed by atoms with Gasteiger partial charge in [0.05, 0.1) is 0 Å². The first kappa shape index (κ1) is 15.0. The van der Waals surface area contributed by atoms with Gasteiger partial charge < -0.3 is 10.1 Å². The Bertz CT molecular complexity index is 444. The Morgan fingerprint density at radius 3 is 2.71 bits per heavy atom. The van der Waals surface area contributed by atoms with Crippen molar-refractivity contribution in [2.24, 2.45) is 5.41 Å². The molecule has 0 aromatic heterocycles. The first-order valence-corrected chi connectivity index (χ1v) is 8.24. The number of methoxy groups -OCH3 is 1. The zero-order chi connectivity index (χ0) is 14.7. The molecule has 1 saturated heterocycles. The monoisotopic (exact) mass is 288 g/mol. The van der Waals surface area contributed by atoms with Gasteiger partial charge in [-0.2, -0.15) is 0 Å². The highest BCUT2D eigenvalue weighted by Gasteiger charge is 2.44. The summed E-state index contributed by atoms with van der Waals surface area (Å²) in [7, 11) is 1.81. The van der Waals surface area contributed by atoms with E-state index in [1.807, 2.05) is 7.11 Å². The van der Waals surface area contributed by atoms with E-state index in [4.69, 9.17) is 4.74 Å². The maximum atomic E-state index is 5.29. The molecule has 1 aromatic carbocycles. The van der Waals surface area contributed by atoms with Gasteiger partial charge in [0.2, 0.25) is 0 Å². The largest absolute Gasteiger partial charge is 0.385 e. The van der Waals surface area contributed by atoms with Gasteiger partial charge in [0.1, 0.15) is 0 Å². The van der Waals surface area contributed by atoms with Crippen LogP contribution in [0.3, 0.4) is 0 Å². The van der Waals surface area contributed by atoms with Crippen LogP contribution in [0.4, 0.5) is 0 Å². The summed E-state index contributed by atoms with van der Waals surface area (Å²) < 4.78 is 5.29. The summed E-state index contributed by atoms with van der Waals surface area (Å²) in [4.78, 5) is 2.69. The number of rotatable bonds is 6. The van der Waals surface area contributed by atoms with Crippen LogP contribution in [0.25, 0.3) is 0 Å². The first-order valence-electron chi connectivity index (χ1n) is 8.24. The molecule has 0 spiro atoms. The van der Waals surface area contributed by atoms with Gasteiger partial charge in [-0.15, -0.1) is 0 Å². The molecule has 0 radical (unpaired) electrons. The predicted octanol–water partition coefficient (Wildman–Crippen LogP) is 2.84. The molecule has 0 bridgehead atoms. The van der Waals surface area contributed by atoms with E-state index in [1.54, 1.807) is 0 Å². The zero-order valence-electron chi connectivity index (χ0n) is 13.3. The molecule has 1 N–H and O–H groups in total. The lowest BCUT2D eigenvalue weighted by Crippen LogP contribution is -2.53. The number of benzene rings is 1. The molecule has 2 atom stereocenters. The third-order valence-corrected chi connectivity index (χ3v) is 5.23.